The van der Waals surface area contributed by atoms with E-state index in [-0.39, 0.29) is 12.4 Å². The molecule has 0 atom stereocenters. The van der Waals surface area contributed by atoms with Gasteiger partial charge in [-0.15, -0.1) is 0 Å². The van der Waals surface area contributed by atoms with Crippen molar-refractivity contribution in [1.29, 1.82) is 0 Å². The highest BCUT2D eigenvalue weighted by Crippen LogP contribution is 2.29. The van der Waals surface area contributed by atoms with Gasteiger partial charge in [-0.2, -0.15) is 0 Å². The number of hydrogen-bond acceptors (Lipinski definition) is 5. The van der Waals surface area contributed by atoms with Gasteiger partial charge in [-0.05, 0) is 55.8 Å². The van der Waals surface area contributed by atoms with E-state index in [2.05, 4.69) is 16.3 Å². The molecule has 2 aromatic carbocycles. The molecule has 1 aliphatic rings. The van der Waals surface area contributed by atoms with Crippen molar-refractivity contribution in [2.24, 2.45) is 0 Å². The van der Waals surface area contributed by atoms with E-state index in [1.54, 1.807) is 32.4 Å². The number of carbonyl (C=O) groups is 2. The van der Waals surface area contributed by atoms with Gasteiger partial charge in [0.15, 0.2) is 0 Å². The van der Waals surface area contributed by atoms with Crippen LogP contribution in [0.2, 0.25) is 0 Å². The van der Waals surface area contributed by atoms with E-state index in [0.717, 1.165) is 25.3 Å². The quantitative estimate of drug-likeness (QED) is 0.741. The first-order chi connectivity index (χ1) is 13.6. The van der Waals surface area contributed by atoms with Crippen LogP contribution in [0.15, 0.2) is 42.5 Å². The smallest absolute Gasteiger partial charge is 0.290 e. The summed E-state index contributed by atoms with van der Waals surface area (Å²) in [5.74, 6) is 0.739. The molecule has 0 saturated carbocycles. The molecule has 1 aliphatic heterocycles. The molecule has 2 N–H and O–H groups in total. The number of carbonyl (C=O) groups excluding carboxylic acids is 1. The Morgan fingerprint density at radius 2 is 1.68 bits per heavy atom. The van der Waals surface area contributed by atoms with Crippen LogP contribution in [-0.4, -0.2) is 49.7 Å². The van der Waals surface area contributed by atoms with E-state index in [1.807, 2.05) is 18.2 Å². The number of hydrogen-bond donors (Lipinski definition) is 2. The number of anilines is 1. The third-order valence-electron chi connectivity index (χ3n) is 4.44. The van der Waals surface area contributed by atoms with Crippen LogP contribution in [-0.2, 0) is 11.3 Å². The molecular formula is C21H26N2O5. The van der Waals surface area contributed by atoms with Crippen molar-refractivity contribution in [2.75, 3.05) is 32.6 Å². The van der Waals surface area contributed by atoms with Crippen LogP contribution in [0.5, 0.6) is 11.5 Å². The van der Waals surface area contributed by atoms with Crippen LogP contribution >= 0.6 is 0 Å². The first-order valence-electron chi connectivity index (χ1n) is 9.04. The predicted molar refractivity (Wildman–Crippen MR) is 107 cm³/mol. The predicted octanol–water partition coefficient (Wildman–Crippen LogP) is 3.25. The van der Waals surface area contributed by atoms with Crippen LogP contribution < -0.4 is 14.8 Å². The zero-order valence-corrected chi connectivity index (χ0v) is 16.2. The van der Waals surface area contributed by atoms with Crippen molar-refractivity contribution < 1.29 is 24.2 Å². The number of nitrogens with zero attached hydrogens (tertiary/aromatic N) is 1. The maximum atomic E-state index is 12.7. The van der Waals surface area contributed by atoms with Crippen LogP contribution in [0.25, 0.3) is 0 Å². The zero-order chi connectivity index (χ0) is 20.4. The van der Waals surface area contributed by atoms with E-state index in [4.69, 9.17) is 19.4 Å². The summed E-state index contributed by atoms with van der Waals surface area (Å²) in [6.07, 6.45) is 2.54. The van der Waals surface area contributed by atoms with Gasteiger partial charge in [0.05, 0.1) is 14.2 Å². The van der Waals surface area contributed by atoms with Gasteiger partial charge in [0.1, 0.15) is 17.1 Å². The fourth-order valence-corrected chi connectivity index (χ4v) is 3.21. The number of carboxylic acid groups (broad SMARTS) is 1. The number of benzene rings is 2. The number of likely N-dealkylation sites (tertiary alicyclic amines) is 1. The van der Waals surface area contributed by atoms with E-state index in [0.29, 0.717) is 17.1 Å². The van der Waals surface area contributed by atoms with Crippen molar-refractivity contribution >= 4 is 18.1 Å². The Morgan fingerprint density at radius 1 is 1.11 bits per heavy atom. The fraction of sp³-hybridized carbons (Fsp3) is 0.333. The topological polar surface area (TPSA) is 88.1 Å². The Bertz CT molecular complexity index is 766. The molecule has 150 valence electrons. The van der Waals surface area contributed by atoms with Gasteiger partial charge in [-0.1, -0.05) is 18.2 Å². The van der Waals surface area contributed by atoms with Gasteiger partial charge in [0, 0.05) is 12.2 Å². The molecule has 1 amide bonds. The Labute approximate surface area is 164 Å². The summed E-state index contributed by atoms with van der Waals surface area (Å²) in [4.78, 5) is 23.5. The molecule has 1 saturated heterocycles. The molecule has 28 heavy (non-hydrogen) atoms. The summed E-state index contributed by atoms with van der Waals surface area (Å²) in [7, 11) is 3.09. The highest BCUT2D eigenvalue weighted by atomic mass is 16.5. The summed E-state index contributed by atoms with van der Waals surface area (Å²) in [6, 6.07) is 13.3. The summed E-state index contributed by atoms with van der Waals surface area (Å²) >= 11 is 0. The zero-order valence-electron chi connectivity index (χ0n) is 16.2. The Kier molecular flexibility index (Phi) is 8.30. The summed E-state index contributed by atoms with van der Waals surface area (Å²) in [5, 5.41) is 9.84. The van der Waals surface area contributed by atoms with Crippen LogP contribution in [0, 0.1) is 0 Å². The fourth-order valence-electron chi connectivity index (χ4n) is 3.21. The molecule has 1 fully saturated rings. The minimum Gasteiger partial charge on any atom is -0.496 e. The van der Waals surface area contributed by atoms with Gasteiger partial charge in [0.2, 0.25) is 0 Å². The van der Waals surface area contributed by atoms with Crippen molar-refractivity contribution in [3.63, 3.8) is 0 Å². The molecule has 0 radical (unpaired) electrons. The van der Waals surface area contributed by atoms with Crippen LogP contribution in [0.4, 0.5) is 5.69 Å². The second kappa shape index (κ2) is 10.9. The normalized spacial score (nSPS) is 13.2. The summed E-state index contributed by atoms with van der Waals surface area (Å²) in [5.41, 5.74) is 2.37. The average molecular weight is 386 g/mol. The van der Waals surface area contributed by atoms with E-state index in [1.165, 1.54) is 18.4 Å². The Hall–Kier alpha value is -3.06. The highest BCUT2D eigenvalue weighted by Gasteiger charge is 2.18. The number of amides is 1. The van der Waals surface area contributed by atoms with Crippen molar-refractivity contribution in [3.05, 3.63) is 53.6 Å². The summed E-state index contributed by atoms with van der Waals surface area (Å²) < 4.78 is 10.6. The SMILES string of the molecule is COc1cccc(OC)c1C(=O)Nc1cccc(CN2CCCC2)c1.O=CO. The minimum atomic E-state index is -0.250. The lowest BCUT2D eigenvalue weighted by atomic mass is 10.1. The number of nitrogens with one attached hydrogen (secondary N) is 1. The lowest BCUT2D eigenvalue weighted by Crippen LogP contribution is -2.19. The second-order valence-corrected chi connectivity index (χ2v) is 6.28. The molecule has 0 aromatic heterocycles. The standard InChI is InChI=1S/C20H24N2O3.CH2O2/c1-24-17-9-6-10-18(25-2)19(17)20(23)21-16-8-5-7-15(13-16)14-22-11-3-4-12-22;2-1-3/h5-10,13H,3-4,11-12,14H2,1-2H3,(H,21,23);1H,(H,2,3). The summed E-state index contributed by atoms with van der Waals surface area (Å²) in [6.45, 7) is 2.96. The number of ether oxygens (including phenoxy) is 2. The third-order valence-corrected chi connectivity index (χ3v) is 4.44. The van der Waals surface area contributed by atoms with Gasteiger partial charge < -0.3 is 19.9 Å². The first-order valence-corrected chi connectivity index (χ1v) is 9.04. The van der Waals surface area contributed by atoms with Gasteiger partial charge in [0.25, 0.3) is 12.4 Å². The van der Waals surface area contributed by atoms with E-state index < -0.39 is 0 Å². The van der Waals surface area contributed by atoms with Gasteiger partial charge in [-0.25, -0.2) is 0 Å². The third kappa shape index (κ3) is 5.72. The lowest BCUT2D eigenvalue weighted by molar-refractivity contribution is -0.122. The molecule has 0 spiro atoms. The average Bonchev–Trinajstić information content (AvgIpc) is 3.21. The lowest BCUT2D eigenvalue weighted by Gasteiger charge is -2.16. The molecule has 0 unspecified atom stereocenters. The first kappa shape index (κ1) is 21.2. The monoisotopic (exact) mass is 386 g/mol. The molecule has 1 heterocycles. The van der Waals surface area contributed by atoms with Gasteiger partial charge >= 0.3 is 0 Å². The number of methoxy groups -OCH3 is 2. The van der Waals surface area contributed by atoms with Gasteiger partial charge in [-0.3, -0.25) is 14.5 Å². The molecule has 2 aromatic rings. The Morgan fingerprint density at radius 3 is 2.25 bits per heavy atom. The maximum absolute atomic E-state index is 12.7. The Balaban J connectivity index is 0.000000878. The molecule has 3 rings (SSSR count). The number of rotatable bonds is 6. The molecule has 0 bridgehead atoms. The van der Waals surface area contributed by atoms with E-state index >= 15 is 0 Å². The maximum Gasteiger partial charge on any atom is 0.290 e. The van der Waals surface area contributed by atoms with Crippen molar-refractivity contribution in [2.45, 2.75) is 19.4 Å². The molecule has 7 heteroatoms. The van der Waals surface area contributed by atoms with Crippen molar-refractivity contribution in [1.82, 2.24) is 4.90 Å². The largest absolute Gasteiger partial charge is 0.496 e. The van der Waals surface area contributed by atoms with Crippen LogP contribution in [0.3, 0.4) is 0 Å². The molecule has 7 nitrogen and oxygen atoms in total. The highest BCUT2D eigenvalue weighted by molar-refractivity contribution is 6.08. The van der Waals surface area contributed by atoms with Crippen molar-refractivity contribution in [3.8, 4) is 11.5 Å². The molecular weight excluding hydrogens is 360 g/mol. The van der Waals surface area contributed by atoms with Crippen LogP contribution in [0.1, 0.15) is 28.8 Å². The van der Waals surface area contributed by atoms with E-state index in [9.17, 15) is 4.79 Å². The minimum absolute atomic E-state index is 0.243. The second-order valence-electron chi connectivity index (χ2n) is 6.28. The molecule has 0 aliphatic carbocycles.